The highest BCUT2D eigenvalue weighted by atomic mass is 32.2. The van der Waals surface area contributed by atoms with Crippen LogP contribution in [0.5, 0.6) is 0 Å². The quantitative estimate of drug-likeness (QED) is 0.519. The monoisotopic (exact) mass is 474 g/mol. The van der Waals surface area contributed by atoms with Crippen LogP contribution in [-0.4, -0.2) is 46.1 Å². The Morgan fingerprint density at radius 1 is 1.06 bits per heavy atom. The van der Waals surface area contributed by atoms with Crippen molar-refractivity contribution in [1.82, 2.24) is 14.9 Å². The number of rotatable bonds is 6. The number of esters is 1. The molecule has 0 radical (unpaired) electrons. The number of nitrogens with one attached hydrogen (secondary N) is 1. The summed E-state index contributed by atoms with van der Waals surface area (Å²) in [5.74, 6) is -0.422. The summed E-state index contributed by atoms with van der Waals surface area (Å²) in [7, 11) is 1.36. The second kappa shape index (κ2) is 11.1. The molecule has 1 N–H and O–H groups in total. The van der Waals surface area contributed by atoms with Gasteiger partial charge in [-0.3, -0.25) is 5.32 Å². The first-order chi connectivity index (χ1) is 15.7. The number of urea groups is 1. The van der Waals surface area contributed by atoms with Crippen molar-refractivity contribution < 1.29 is 14.3 Å². The van der Waals surface area contributed by atoms with Gasteiger partial charge >= 0.3 is 12.0 Å². The molecule has 2 amide bonds. The van der Waals surface area contributed by atoms with Gasteiger partial charge in [-0.2, -0.15) is 0 Å². The molecule has 2 heterocycles. The molecule has 9 heteroatoms. The van der Waals surface area contributed by atoms with Gasteiger partial charge in [0.1, 0.15) is 5.03 Å². The van der Waals surface area contributed by atoms with E-state index in [0.29, 0.717) is 27.8 Å². The van der Waals surface area contributed by atoms with E-state index >= 15 is 0 Å². The predicted octanol–water partition coefficient (Wildman–Crippen LogP) is 5.98. The second-order valence-corrected chi connectivity index (χ2v) is 10.7. The summed E-state index contributed by atoms with van der Waals surface area (Å²) >= 11 is 2.75. The van der Waals surface area contributed by atoms with E-state index in [1.165, 1.54) is 68.7 Å². The number of anilines is 1. The van der Waals surface area contributed by atoms with E-state index in [9.17, 15) is 9.59 Å². The minimum atomic E-state index is -0.422. The van der Waals surface area contributed by atoms with Crippen LogP contribution in [0.25, 0.3) is 0 Å². The highest BCUT2D eigenvalue weighted by molar-refractivity contribution is 8.01. The van der Waals surface area contributed by atoms with Crippen LogP contribution in [0, 0.1) is 0 Å². The molecular weight excluding hydrogens is 444 g/mol. The number of methoxy groups -OCH3 is 1. The van der Waals surface area contributed by atoms with E-state index in [-0.39, 0.29) is 6.03 Å². The van der Waals surface area contributed by atoms with E-state index in [2.05, 4.69) is 20.2 Å². The number of ether oxygens (including phenoxy) is 1. The van der Waals surface area contributed by atoms with Gasteiger partial charge in [0.25, 0.3) is 0 Å². The first kappa shape index (κ1) is 23.0. The third-order valence-corrected chi connectivity index (χ3v) is 8.28. The zero-order valence-electron chi connectivity index (χ0n) is 18.4. The molecule has 32 heavy (non-hydrogen) atoms. The van der Waals surface area contributed by atoms with Gasteiger partial charge in [-0.05, 0) is 37.8 Å². The third kappa shape index (κ3) is 5.61. The van der Waals surface area contributed by atoms with Gasteiger partial charge in [-0.1, -0.05) is 61.6 Å². The maximum atomic E-state index is 13.4. The summed E-state index contributed by atoms with van der Waals surface area (Å²) in [5, 5.41) is 4.20. The molecule has 172 valence electrons. The summed E-state index contributed by atoms with van der Waals surface area (Å²) in [6.45, 7) is 0. The Morgan fingerprint density at radius 3 is 2.34 bits per heavy atom. The van der Waals surface area contributed by atoms with Crippen molar-refractivity contribution in [3.05, 3.63) is 30.1 Å². The van der Waals surface area contributed by atoms with Crippen molar-refractivity contribution in [3.8, 4) is 0 Å². The molecule has 2 aliphatic carbocycles. The molecule has 0 aliphatic heterocycles. The number of aromatic nitrogens is 2. The van der Waals surface area contributed by atoms with Gasteiger partial charge in [0.05, 0.1) is 23.1 Å². The molecular formula is C23H30N4O3S2. The van der Waals surface area contributed by atoms with Gasteiger partial charge in [-0.25, -0.2) is 19.6 Å². The number of carbonyl (C=O) groups is 2. The van der Waals surface area contributed by atoms with Crippen LogP contribution >= 0.6 is 23.1 Å². The highest BCUT2D eigenvalue weighted by Gasteiger charge is 2.32. The number of pyridine rings is 1. The lowest BCUT2D eigenvalue weighted by Gasteiger charge is -2.41. The Morgan fingerprint density at radius 2 is 1.72 bits per heavy atom. The molecule has 2 saturated carbocycles. The van der Waals surface area contributed by atoms with Crippen molar-refractivity contribution in [2.24, 2.45) is 0 Å². The van der Waals surface area contributed by atoms with Crippen LogP contribution < -0.4 is 5.32 Å². The number of hydrogen-bond acceptors (Lipinski definition) is 7. The summed E-state index contributed by atoms with van der Waals surface area (Å²) in [6.07, 6.45) is 15.1. The van der Waals surface area contributed by atoms with E-state index in [1.807, 2.05) is 0 Å². The van der Waals surface area contributed by atoms with E-state index in [1.54, 1.807) is 24.5 Å². The molecule has 0 saturated heterocycles. The zero-order valence-corrected chi connectivity index (χ0v) is 20.1. The number of carbonyl (C=O) groups excluding carboxylic acids is 2. The zero-order chi connectivity index (χ0) is 22.3. The maximum Gasteiger partial charge on any atom is 0.340 e. The molecule has 7 nitrogen and oxygen atoms in total. The molecule has 0 aromatic carbocycles. The summed E-state index contributed by atoms with van der Waals surface area (Å²) in [4.78, 5) is 36.2. The first-order valence-electron chi connectivity index (χ1n) is 11.4. The van der Waals surface area contributed by atoms with Crippen LogP contribution in [-0.2, 0) is 4.74 Å². The first-order valence-corrected chi connectivity index (χ1v) is 13.1. The predicted molar refractivity (Wildman–Crippen MR) is 126 cm³/mol. The van der Waals surface area contributed by atoms with Crippen molar-refractivity contribution >= 4 is 40.2 Å². The summed E-state index contributed by atoms with van der Waals surface area (Å²) < 4.78 is 5.70. The molecule has 0 unspecified atom stereocenters. The van der Waals surface area contributed by atoms with E-state index in [4.69, 9.17) is 4.74 Å². The Hall–Kier alpha value is -2.13. The van der Waals surface area contributed by atoms with Crippen molar-refractivity contribution in [3.63, 3.8) is 0 Å². The maximum absolute atomic E-state index is 13.4. The lowest BCUT2D eigenvalue weighted by atomic mass is 9.89. The van der Waals surface area contributed by atoms with Gasteiger partial charge in [0.15, 0.2) is 5.13 Å². The molecule has 0 bridgehead atoms. The van der Waals surface area contributed by atoms with Crippen LogP contribution in [0.15, 0.2) is 33.8 Å². The Labute approximate surface area is 197 Å². The molecule has 4 rings (SSSR count). The standard InChI is InChI=1S/C23H30N4O3S2/c1-30-21(28)18-13-8-14-24-20(18)31-19-15-25-22(32-19)26-23(29)27(16-9-4-2-5-10-16)17-11-6-3-7-12-17/h8,13-17H,2-7,9-12H2,1H3,(H,25,26,29). The molecule has 0 spiro atoms. The molecule has 2 aromatic rings. The number of amides is 2. The van der Waals surface area contributed by atoms with Crippen molar-refractivity contribution in [2.45, 2.75) is 85.5 Å². The lowest BCUT2D eigenvalue weighted by Crippen LogP contribution is -2.50. The molecule has 2 fully saturated rings. The summed E-state index contributed by atoms with van der Waals surface area (Å²) in [6, 6.07) is 4.04. The van der Waals surface area contributed by atoms with E-state index < -0.39 is 5.97 Å². The van der Waals surface area contributed by atoms with Crippen molar-refractivity contribution in [1.29, 1.82) is 0 Å². The number of nitrogens with zero attached hydrogens (tertiary/aromatic N) is 3. The average molecular weight is 475 g/mol. The van der Waals surface area contributed by atoms with Crippen LogP contribution in [0.2, 0.25) is 0 Å². The van der Waals surface area contributed by atoms with Gasteiger partial charge in [0, 0.05) is 18.3 Å². The Bertz CT molecular complexity index is 905. The van der Waals surface area contributed by atoms with Crippen LogP contribution in [0.4, 0.5) is 9.93 Å². The minimum Gasteiger partial charge on any atom is -0.465 e. The average Bonchev–Trinajstić information content (AvgIpc) is 3.27. The fraction of sp³-hybridized carbons (Fsp3) is 0.565. The minimum absolute atomic E-state index is 0.0252. The normalized spacial score (nSPS) is 17.7. The molecule has 2 aliphatic rings. The second-order valence-electron chi connectivity index (χ2n) is 8.36. The smallest absolute Gasteiger partial charge is 0.340 e. The Balaban J connectivity index is 1.45. The van der Waals surface area contributed by atoms with Crippen molar-refractivity contribution in [2.75, 3.05) is 12.4 Å². The number of thiazole rings is 1. The largest absolute Gasteiger partial charge is 0.465 e. The third-order valence-electron chi connectivity index (χ3n) is 6.24. The van der Waals surface area contributed by atoms with Gasteiger partial charge in [-0.15, -0.1) is 0 Å². The fourth-order valence-electron chi connectivity index (χ4n) is 4.70. The lowest BCUT2D eigenvalue weighted by molar-refractivity contribution is 0.0595. The highest BCUT2D eigenvalue weighted by Crippen LogP contribution is 2.36. The Kier molecular flexibility index (Phi) is 8.02. The van der Waals surface area contributed by atoms with Crippen LogP contribution in [0.1, 0.15) is 74.6 Å². The summed E-state index contributed by atoms with van der Waals surface area (Å²) in [5.41, 5.74) is 0.416. The topological polar surface area (TPSA) is 84.4 Å². The van der Waals surface area contributed by atoms with Gasteiger partial charge < -0.3 is 9.64 Å². The SMILES string of the molecule is COC(=O)c1cccnc1Sc1cnc(NC(=O)N(C2CCCCC2)C2CCCCC2)s1. The fourth-order valence-corrected chi connectivity index (χ4v) is 6.55. The number of hydrogen-bond donors (Lipinski definition) is 1. The molecule has 0 atom stereocenters. The van der Waals surface area contributed by atoms with Crippen LogP contribution in [0.3, 0.4) is 0 Å². The molecule has 2 aromatic heterocycles. The van der Waals surface area contributed by atoms with E-state index in [0.717, 1.165) is 29.9 Å². The van der Waals surface area contributed by atoms with Gasteiger partial charge in [0.2, 0.25) is 0 Å².